The highest BCUT2D eigenvalue weighted by molar-refractivity contribution is 7.90. The first kappa shape index (κ1) is 21.2. The van der Waals surface area contributed by atoms with E-state index in [0.717, 1.165) is 10.9 Å². The first-order valence-corrected chi connectivity index (χ1v) is 11.8. The Labute approximate surface area is 181 Å². The zero-order valence-corrected chi connectivity index (χ0v) is 18.6. The number of ether oxygens (including phenoxy) is 1. The number of pyridine rings is 1. The lowest BCUT2D eigenvalue weighted by molar-refractivity contribution is -0.0776. The summed E-state index contributed by atoms with van der Waals surface area (Å²) in [5.41, 5.74) is 0.598. The Kier molecular flexibility index (Phi) is 4.96. The normalized spacial score (nSPS) is 19.3. The Morgan fingerprint density at radius 1 is 1.19 bits per heavy atom. The molecule has 0 radical (unpaired) electrons. The Balaban J connectivity index is 1.55. The van der Waals surface area contributed by atoms with E-state index in [-0.39, 0.29) is 22.5 Å². The molecule has 1 aliphatic rings. The number of nitrogens with zero attached hydrogens (tertiary/aromatic N) is 3. The number of hydrogen-bond acceptors (Lipinski definition) is 5. The zero-order chi connectivity index (χ0) is 22.6. The van der Waals surface area contributed by atoms with Gasteiger partial charge in [0.05, 0.1) is 29.2 Å². The minimum atomic E-state index is -3.27. The van der Waals surface area contributed by atoms with Gasteiger partial charge in [-0.1, -0.05) is 20.8 Å². The highest BCUT2D eigenvalue weighted by atomic mass is 32.2. The highest BCUT2D eigenvalue weighted by Gasteiger charge is 2.50. The molecule has 164 valence electrons. The van der Waals surface area contributed by atoms with Crippen LogP contribution >= 0.6 is 0 Å². The molecular weight excluding hydrogens is 418 g/mol. The summed E-state index contributed by atoms with van der Waals surface area (Å²) >= 11 is 0. The van der Waals surface area contributed by atoms with Gasteiger partial charge in [0.15, 0.2) is 9.84 Å². The average Bonchev–Trinajstić information content (AvgIpc) is 3.06. The highest BCUT2D eigenvalue weighted by Crippen LogP contribution is 2.36. The summed E-state index contributed by atoms with van der Waals surface area (Å²) in [6.45, 7) is 6.31. The lowest BCUT2D eigenvalue weighted by atomic mass is 9.77. The van der Waals surface area contributed by atoms with Crippen molar-refractivity contribution in [2.45, 2.75) is 37.8 Å². The van der Waals surface area contributed by atoms with Gasteiger partial charge in [-0.15, -0.1) is 0 Å². The number of fused-ring (bicyclic) bond motifs is 1. The van der Waals surface area contributed by atoms with Crippen molar-refractivity contribution in [1.82, 2.24) is 14.5 Å². The summed E-state index contributed by atoms with van der Waals surface area (Å²) in [6.07, 6.45) is 3.48. The number of likely N-dealkylation sites (tertiary alicyclic amines) is 1. The van der Waals surface area contributed by atoms with E-state index in [1.165, 1.54) is 11.2 Å². The Morgan fingerprint density at radius 2 is 1.94 bits per heavy atom. The van der Waals surface area contributed by atoms with Crippen LogP contribution in [-0.2, 0) is 9.84 Å². The largest absolute Gasteiger partial charge is 0.485 e. The van der Waals surface area contributed by atoms with Crippen molar-refractivity contribution in [3.05, 3.63) is 48.8 Å². The third kappa shape index (κ3) is 3.97. The number of sulfone groups is 1. The Hall–Kier alpha value is -3.07. The third-order valence-corrected chi connectivity index (χ3v) is 6.65. The molecule has 1 aromatic carbocycles. The Morgan fingerprint density at radius 3 is 2.52 bits per heavy atom. The smallest absolute Gasteiger partial charge is 0.407 e. The van der Waals surface area contributed by atoms with Crippen LogP contribution in [-0.4, -0.2) is 59.0 Å². The van der Waals surface area contributed by atoms with Gasteiger partial charge < -0.3 is 14.4 Å². The Bertz CT molecular complexity index is 1240. The number of aromatic nitrogens is 2. The predicted molar refractivity (Wildman–Crippen MR) is 117 cm³/mol. The molecule has 2 aromatic heterocycles. The van der Waals surface area contributed by atoms with Crippen LogP contribution in [0.4, 0.5) is 4.79 Å². The maximum absolute atomic E-state index is 11.8. The molecule has 0 bridgehead atoms. The number of hydrogen-bond donors (Lipinski definition) is 1. The van der Waals surface area contributed by atoms with E-state index in [4.69, 9.17) is 4.74 Å². The van der Waals surface area contributed by atoms with Crippen LogP contribution in [0.15, 0.2) is 53.7 Å². The van der Waals surface area contributed by atoms with Gasteiger partial charge >= 0.3 is 6.09 Å². The summed E-state index contributed by atoms with van der Waals surface area (Å²) in [5, 5.41) is 10.2. The van der Waals surface area contributed by atoms with Gasteiger partial charge in [-0.2, -0.15) is 0 Å². The van der Waals surface area contributed by atoms with Gasteiger partial charge in [0.25, 0.3) is 0 Å². The minimum absolute atomic E-state index is 0.231. The van der Waals surface area contributed by atoms with Gasteiger partial charge in [-0.05, 0) is 41.8 Å². The summed E-state index contributed by atoms with van der Waals surface area (Å²) in [4.78, 5) is 17.6. The van der Waals surface area contributed by atoms with E-state index in [1.54, 1.807) is 24.4 Å². The van der Waals surface area contributed by atoms with E-state index in [2.05, 4.69) is 4.98 Å². The SMILES string of the molecule is CC(C)(C)C1C(Oc2ccc(-n3ccc4cc(S(C)(=O)=O)ccc43)nc2)CN1C(=O)O. The molecule has 1 aliphatic heterocycles. The monoisotopic (exact) mass is 443 g/mol. The maximum Gasteiger partial charge on any atom is 0.407 e. The second kappa shape index (κ2) is 7.26. The fraction of sp³-hybridized carbons (Fsp3) is 0.364. The summed E-state index contributed by atoms with van der Waals surface area (Å²) in [7, 11) is -3.27. The first-order valence-electron chi connectivity index (χ1n) is 9.89. The summed E-state index contributed by atoms with van der Waals surface area (Å²) < 4.78 is 31.5. The lowest BCUT2D eigenvalue weighted by Gasteiger charge is -2.51. The molecule has 31 heavy (non-hydrogen) atoms. The molecule has 3 aromatic rings. The fourth-order valence-electron chi connectivity index (χ4n) is 4.10. The minimum Gasteiger partial charge on any atom is -0.485 e. The third-order valence-electron chi connectivity index (χ3n) is 5.54. The van der Waals surface area contributed by atoms with Crippen LogP contribution in [0.3, 0.4) is 0 Å². The van der Waals surface area contributed by atoms with Crippen molar-refractivity contribution in [3.8, 4) is 11.6 Å². The zero-order valence-electron chi connectivity index (χ0n) is 17.8. The van der Waals surface area contributed by atoms with Crippen LogP contribution in [0.1, 0.15) is 20.8 Å². The van der Waals surface area contributed by atoms with Crippen molar-refractivity contribution in [2.75, 3.05) is 12.8 Å². The van der Waals surface area contributed by atoms with E-state index in [0.29, 0.717) is 18.1 Å². The van der Waals surface area contributed by atoms with E-state index in [1.807, 2.05) is 49.7 Å². The number of carbonyl (C=O) groups is 1. The van der Waals surface area contributed by atoms with Crippen molar-refractivity contribution in [3.63, 3.8) is 0 Å². The average molecular weight is 444 g/mol. The molecule has 0 aliphatic carbocycles. The molecule has 2 atom stereocenters. The molecule has 8 nitrogen and oxygen atoms in total. The standard InChI is InChI=1S/C22H25N3O5S/c1-22(2,3)20-18(13-25(20)21(26)27)30-15-5-8-19(23-12-15)24-10-9-14-11-16(31(4,28)29)6-7-17(14)24/h5-12,18,20H,13H2,1-4H3,(H,26,27). The lowest BCUT2D eigenvalue weighted by Crippen LogP contribution is -2.68. The van der Waals surface area contributed by atoms with E-state index in [9.17, 15) is 18.3 Å². The first-order chi connectivity index (χ1) is 14.4. The predicted octanol–water partition coefficient (Wildman–Crippen LogP) is 3.58. The molecule has 0 saturated carbocycles. The van der Waals surface area contributed by atoms with Gasteiger partial charge in [-0.25, -0.2) is 18.2 Å². The van der Waals surface area contributed by atoms with Gasteiger partial charge in [-0.3, -0.25) is 4.90 Å². The van der Waals surface area contributed by atoms with Crippen LogP contribution in [0.5, 0.6) is 5.75 Å². The van der Waals surface area contributed by atoms with Crippen LogP contribution in [0.25, 0.3) is 16.7 Å². The van der Waals surface area contributed by atoms with Gasteiger partial charge in [0.1, 0.15) is 17.7 Å². The molecule has 1 amide bonds. The molecular formula is C22H25N3O5S. The molecule has 0 spiro atoms. The van der Waals surface area contributed by atoms with Crippen molar-refractivity contribution in [2.24, 2.45) is 5.41 Å². The number of amides is 1. The van der Waals surface area contributed by atoms with E-state index >= 15 is 0 Å². The molecule has 4 rings (SSSR count). The quantitative estimate of drug-likeness (QED) is 0.661. The molecule has 1 saturated heterocycles. The van der Waals surface area contributed by atoms with Crippen LogP contribution in [0.2, 0.25) is 0 Å². The van der Waals surface area contributed by atoms with Gasteiger partial charge in [0, 0.05) is 17.8 Å². The summed E-state index contributed by atoms with van der Waals surface area (Å²) in [6, 6.07) is 10.2. The van der Waals surface area contributed by atoms with Crippen LogP contribution < -0.4 is 4.74 Å². The molecule has 2 unspecified atom stereocenters. The topological polar surface area (TPSA) is 102 Å². The molecule has 9 heteroatoms. The fourth-order valence-corrected chi connectivity index (χ4v) is 4.76. The summed E-state index contributed by atoms with van der Waals surface area (Å²) in [5.74, 6) is 1.24. The molecule has 1 N–H and O–H groups in total. The second-order valence-electron chi connectivity index (χ2n) is 8.93. The number of rotatable bonds is 4. The maximum atomic E-state index is 11.8. The van der Waals surface area contributed by atoms with E-state index < -0.39 is 15.9 Å². The second-order valence-corrected chi connectivity index (χ2v) is 10.9. The molecule has 3 heterocycles. The number of benzene rings is 1. The van der Waals surface area contributed by atoms with Gasteiger partial charge in [0.2, 0.25) is 0 Å². The van der Waals surface area contributed by atoms with Crippen molar-refractivity contribution < 1.29 is 23.1 Å². The van der Waals surface area contributed by atoms with Crippen molar-refractivity contribution in [1.29, 1.82) is 0 Å². The van der Waals surface area contributed by atoms with Crippen LogP contribution in [0, 0.1) is 5.41 Å². The number of carboxylic acid groups (broad SMARTS) is 1. The van der Waals surface area contributed by atoms with Crippen molar-refractivity contribution >= 4 is 26.8 Å². The molecule has 1 fully saturated rings.